The number of benzene rings is 1. The highest BCUT2D eigenvalue weighted by Crippen LogP contribution is 2.28. The van der Waals surface area contributed by atoms with Crippen LogP contribution in [-0.2, 0) is 0 Å². The number of nitrogens with zero attached hydrogens (tertiary/aromatic N) is 2. The smallest absolute Gasteiger partial charge is 0.107 e. The summed E-state index contributed by atoms with van der Waals surface area (Å²) in [6, 6.07) is 5.80. The van der Waals surface area contributed by atoms with E-state index in [1.807, 2.05) is 24.4 Å². The van der Waals surface area contributed by atoms with Crippen molar-refractivity contribution in [3.63, 3.8) is 0 Å². The lowest BCUT2D eigenvalue weighted by atomic mass is 10.2. The van der Waals surface area contributed by atoms with E-state index in [0.29, 0.717) is 10.0 Å². The highest BCUT2D eigenvalue weighted by atomic mass is 35.5. The molecular formula is C11H7Cl2N3. The van der Waals surface area contributed by atoms with Gasteiger partial charge in [0.1, 0.15) is 5.69 Å². The van der Waals surface area contributed by atoms with Crippen LogP contribution in [0, 0.1) is 0 Å². The van der Waals surface area contributed by atoms with Gasteiger partial charge in [0, 0.05) is 17.8 Å². The lowest BCUT2D eigenvalue weighted by Crippen LogP contribution is -1.96. The van der Waals surface area contributed by atoms with E-state index in [-0.39, 0.29) is 0 Å². The molecule has 0 aliphatic rings. The highest BCUT2D eigenvalue weighted by molar-refractivity contribution is 6.33. The van der Waals surface area contributed by atoms with Crippen molar-refractivity contribution in [1.29, 1.82) is 0 Å². The second kappa shape index (κ2) is 3.54. The molecule has 3 rings (SSSR count). The first kappa shape index (κ1) is 9.75. The summed E-state index contributed by atoms with van der Waals surface area (Å²) in [6.07, 6.45) is 5.18. The molecule has 1 aromatic carbocycles. The number of hydrogen-bond donors (Lipinski definition) is 1. The molecule has 16 heavy (non-hydrogen) atoms. The maximum atomic E-state index is 6.18. The number of nitrogens with one attached hydrogen (secondary N) is 1. The molecule has 0 bridgehead atoms. The van der Waals surface area contributed by atoms with Gasteiger partial charge in [-0.3, -0.25) is 0 Å². The van der Waals surface area contributed by atoms with Crippen molar-refractivity contribution in [3.05, 3.63) is 46.8 Å². The Morgan fingerprint density at radius 2 is 2.06 bits per heavy atom. The summed E-state index contributed by atoms with van der Waals surface area (Å²) in [7, 11) is 0. The van der Waals surface area contributed by atoms with Crippen molar-refractivity contribution < 1.29 is 0 Å². The topological polar surface area (TPSA) is 33.6 Å². The number of halogens is 2. The molecule has 0 aliphatic carbocycles. The fourth-order valence-electron chi connectivity index (χ4n) is 1.73. The number of H-pyrrole nitrogens is 1. The van der Waals surface area contributed by atoms with Gasteiger partial charge >= 0.3 is 0 Å². The van der Waals surface area contributed by atoms with Gasteiger partial charge in [-0.2, -0.15) is 5.10 Å². The minimum Gasteiger partial charge on any atom is -0.359 e. The molecule has 0 atom stereocenters. The van der Waals surface area contributed by atoms with Gasteiger partial charge in [0.15, 0.2) is 0 Å². The van der Waals surface area contributed by atoms with Crippen molar-refractivity contribution >= 4 is 34.1 Å². The summed E-state index contributed by atoms with van der Waals surface area (Å²) in [5.74, 6) is 0. The molecular weight excluding hydrogens is 245 g/mol. The maximum absolute atomic E-state index is 6.18. The Morgan fingerprint density at radius 1 is 1.19 bits per heavy atom. The standard InChI is InChI=1S/C11H7Cl2N3/c12-8-5-15-16(6-8)11-9(13)2-1-7-3-4-14-10(7)11/h1-6,14H. The van der Waals surface area contributed by atoms with Gasteiger partial charge in [-0.15, -0.1) is 0 Å². The molecule has 0 saturated heterocycles. The molecule has 80 valence electrons. The fraction of sp³-hybridized carbons (Fsp3) is 0. The number of aromatic nitrogens is 3. The molecule has 3 nitrogen and oxygen atoms in total. The zero-order valence-electron chi connectivity index (χ0n) is 8.11. The van der Waals surface area contributed by atoms with E-state index >= 15 is 0 Å². The number of fused-ring (bicyclic) bond motifs is 1. The molecule has 5 heteroatoms. The lowest BCUT2D eigenvalue weighted by molar-refractivity contribution is 0.886. The fourth-order valence-corrected chi connectivity index (χ4v) is 2.11. The first-order valence-electron chi connectivity index (χ1n) is 4.72. The molecule has 3 aromatic rings. The molecule has 0 spiro atoms. The minimum atomic E-state index is 0.583. The summed E-state index contributed by atoms with van der Waals surface area (Å²) < 4.78 is 1.67. The number of rotatable bonds is 1. The average Bonchev–Trinajstić information content (AvgIpc) is 2.86. The van der Waals surface area contributed by atoms with Crippen LogP contribution in [0.4, 0.5) is 0 Å². The zero-order valence-corrected chi connectivity index (χ0v) is 9.63. The normalized spacial score (nSPS) is 11.1. The second-order valence-corrected chi connectivity index (χ2v) is 4.28. The van der Waals surface area contributed by atoms with Crippen LogP contribution in [0.25, 0.3) is 16.6 Å². The Hall–Kier alpha value is -1.45. The molecule has 0 amide bonds. The van der Waals surface area contributed by atoms with Crippen LogP contribution in [0.15, 0.2) is 36.8 Å². The Kier molecular flexibility index (Phi) is 2.16. The minimum absolute atomic E-state index is 0.583. The van der Waals surface area contributed by atoms with Gasteiger partial charge in [0.2, 0.25) is 0 Å². The van der Waals surface area contributed by atoms with Crippen LogP contribution < -0.4 is 0 Å². The third-order valence-electron chi connectivity index (χ3n) is 2.43. The zero-order chi connectivity index (χ0) is 11.1. The van der Waals surface area contributed by atoms with Crippen molar-refractivity contribution in [2.24, 2.45) is 0 Å². The van der Waals surface area contributed by atoms with E-state index in [9.17, 15) is 0 Å². The van der Waals surface area contributed by atoms with Gasteiger partial charge < -0.3 is 4.98 Å². The molecule has 0 aliphatic heterocycles. The van der Waals surface area contributed by atoms with Crippen LogP contribution >= 0.6 is 23.2 Å². The van der Waals surface area contributed by atoms with Crippen LogP contribution in [0.1, 0.15) is 0 Å². The quantitative estimate of drug-likeness (QED) is 0.704. The Morgan fingerprint density at radius 3 is 2.81 bits per heavy atom. The lowest BCUT2D eigenvalue weighted by Gasteiger charge is -2.05. The van der Waals surface area contributed by atoms with E-state index < -0.39 is 0 Å². The second-order valence-electron chi connectivity index (χ2n) is 3.44. The molecule has 0 saturated carbocycles. The van der Waals surface area contributed by atoms with Crippen LogP contribution in [0.5, 0.6) is 0 Å². The SMILES string of the molecule is Clc1cnn(-c2c(Cl)ccc3cc[nH]c23)c1. The average molecular weight is 252 g/mol. The largest absolute Gasteiger partial charge is 0.359 e. The Bertz CT molecular complexity index is 654. The molecule has 1 N–H and O–H groups in total. The van der Waals surface area contributed by atoms with Crippen LogP contribution in [0.2, 0.25) is 10.0 Å². The number of hydrogen-bond acceptors (Lipinski definition) is 1. The van der Waals surface area contributed by atoms with E-state index in [1.54, 1.807) is 17.1 Å². The summed E-state index contributed by atoms with van der Waals surface area (Å²) in [6.45, 7) is 0. The first-order valence-corrected chi connectivity index (χ1v) is 5.47. The predicted molar refractivity (Wildman–Crippen MR) is 65.4 cm³/mol. The summed E-state index contributed by atoms with van der Waals surface area (Å²) >= 11 is 12.0. The molecule has 2 aromatic heterocycles. The first-order chi connectivity index (χ1) is 7.75. The Labute approximate surface area is 102 Å². The van der Waals surface area contributed by atoms with Crippen molar-refractivity contribution in [2.75, 3.05) is 0 Å². The van der Waals surface area contributed by atoms with Crippen molar-refractivity contribution in [2.45, 2.75) is 0 Å². The maximum Gasteiger partial charge on any atom is 0.107 e. The third kappa shape index (κ3) is 1.40. The molecule has 0 fully saturated rings. The van der Waals surface area contributed by atoms with Gasteiger partial charge in [-0.05, 0) is 12.1 Å². The van der Waals surface area contributed by atoms with Gasteiger partial charge in [-0.1, -0.05) is 29.3 Å². The third-order valence-corrected chi connectivity index (χ3v) is 2.93. The van der Waals surface area contributed by atoms with Gasteiger partial charge in [0.25, 0.3) is 0 Å². The summed E-state index contributed by atoms with van der Waals surface area (Å²) in [5.41, 5.74) is 1.77. The summed E-state index contributed by atoms with van der Waals surface area (Å²) in [5, 5.41) is 6.46. The van der Waals surface area contributed by atoms with E-state index in [0.717, 1.165) is 16.6 Å². The van der Waals surface area contributed by atoms with Gasteiger partial charge in [0.05, 0.1) is 21.8 Å². The van der Waals surface area contributed by atoms with E-state index in [2.05, 4.69) is 10.1 Å². The van der Waals surface area contributed by atoms with Crippen LogP contribution in [0.3, 0.4) is 0 Å². The highest BCUT2D eigenvalue weighted by Gasteiger charge is 2.10. The predicted octanol–water partition coefficient (Wildman–Crippen LogP) is 3.66. The molecule has 0 unspecified atom stereocenters. The molecule has 2 heterocycles. The van der Waals surface area contributed by atoms with Gasteiger partial charge in [-0.25, -0.2) is 4.68 Å². The molecule has 0 radical (unpaired) electrons. The summed E-state index contributed by atoms with van der Waals surface area (Å²) in [4.78, 5) is 3.15. The van der Waals surface area contributed by atoms with Crippen LogP contribution in [-0.4, -0.2) is 14.8 Å². The number of aromatic amines is 1. The Balaban J connectivity index is 2.36. The monoisotopic (exact) mass is 251 g/mol. The van der Waals surface area contributed by atoms with E-state index in [4.69, 9.17) is 23.2 Å². The van der Waals surface area contributed by atoms with E-state index in [1.165, 1.54) is 0 Å². The van der Waals surface area contributed by atoms with Crippen molar-refractivity contribution in [3.8, 4) is 5.69 Å². The van der Waals surface area contributed by atoms with Crippen molar-refractivity contribution in [1.82, 2.24) is 14.8 Å².